The van der Waals surface area contributed by atoms with Crippen molar-refractivity contribution in [3.05, 3.63) is 76.4 Å². The zero-order chi connectivity index (χ0) is 13.2. The molecule has 0 bridgehead atoms. The van der Waals surface area contributed by atoms with E-state index < -0.39 is 5.95 Å². The zero-order valence-electron chi connectivity index (χ0n) is 10.4. The van der Waals surface area contributed by atoms with Crippen LogP contribution in [0, 0.1) is 18.3 Å². The number of terminal acetylenes is 1. The number of allylic oxidation sites excluding steroid dienone is 8. The summed E-state index contributed by atoms with van der Waals surface area (Å²) in [6.45, 7) is 0. The van der Waals surface area contributed by atoms with Crippen LogP contribution in [0.15, 0.2) is 64.9 Å². The summed E-state index contributed by atoms with van der Waals surface area (Å²) in [5, 5.41) is 0. The van der Waals surface area contributed by atoms with Crippen molar-refractivity contribution >= 4 is 0 Å². The molecule has 0 atom stereocenters. The van der Waals surface area contributed by atoms with E-state index in [0.717, 1.165) is 28.7 Å². The molecule has 0 fully saturated rings. The second kappa shape index (κ2) is 4.70. The smallest absolute Gasteiger partial charge is 0.213 e. The molecule has 0 amide bonds. The molecule has 0 unspecified atom stereocenters. The van der Waals surface area contributed by atoms with Crippen LogP contribution in [0.1, 0.15) is 12.0 Å². The van der Waals surface area contributed by atoms with Gasteiger partial charge in [0.2, 0.25) is 5.95 Å². The van der Waals surface area contributed by atoms with Crippen LogP contribution in [0.25, 0.3) is 0 Å². The number of nitrogens with zero attached hydrogens (tertiary/aromatic N) is 1. The molecule has 0 aliphatic heterocycles. The summed E-state index contributed by atoms with van der Waals surface area (Å²) in [5.74, 6) is 2.29. The van der Waals surface area contributed by atoms with Crippen molar-refractivity contribution in [2.75, 3.05) is 0 Å². The molecule has 0 N–H and O–H groups in total. The van der Waals surface area contributed by atoms with Crippen molar-refractivity contribution in [2.45, 2.75) is 12.8 Å². The fourth-order valence-electron chi connectivity index (χ4n) is 2.50. The van der Waals surface area contributed by atoms with Gasteiger partial charge in [0.25, 0.3) is 0 Å². The normalized spacial score (nSPS) is 16.8. The van der Waals surface area contributed by atoms with Gasteiger partial charge in [0.15, 0.2) is 0 Å². The molecule has 2 aliphatic rings. The maximum Gasteiger partial charge on any atom is 0.213 e. The predicted molar refractivity (Wildman–Crippen MR) is 73.7 cm³/mol. The van der Waals surface area contributed by atoms with Crippen molar-refractivity contribution in [3.8, 4) is 12.3 Å². The van der Waals surface area contributed by atoms with Gasteiger partial charge in [0, 0.05) is 17.3 Å². The standard InChI is InChI=1S/C17H12FN/c1-2-13-4-3-5-14-6-7-15(17(13)14)10-12-8-9-19-16(18)11-12/h1,4-9,11H,3,10H2. The third-order valence-electron chi connectivity index (χ3n) is 3.34. The molecule has 0 spiro atoms. The Balaban J connectivity index is 1.98. The highest BCUT2D eigenvalue weighted by molar-refractivity contribution is 5.68. The van der Waals surface area contributed by atoms with Gasteiger partial charge in [-0.2, -0.15) is 4.39 Å². The van der Waals surface area contributed by atoms with E-state index in [1.54, 1.807) is 0 Å². The van der Waals surface area contributed by atoms with Crippen LogP contribution in [0.3, 0.4) is 0 Å². The Bertz CT molecular complexity index is 696. The second-order valence-corrected chi connectivity index (χ2v) is 4.55. The number of aromatic nitrogens is 1. The minimum absolute atomic E-state index is 0.447. The van der Waals surface area contributed by atoms with E-state index in [2.05, 4.69) is 35.2 Å². The first kappa shape index (κ1) is 11.7. The Hall–Kier alpha value is -2.40. The number of pyridine rings is 1. The summed E-state index contributed by atoms with van der Waals surface area (Å²) in [6, 6.07) is 3.29. The lowest BCUT2D eigenvalue weighted by molar-refractivity contribution is 0.582. The van der Waals surface area contributed by atoms with Gasteiger partial charge in [0.1, 0.15) is 0 Å². The van der Waals surface area contributed by atoms with Crippen molar-refractivity contribution in [2.24, 2.45) is 0 Å². The summed E-state index contributed by atoms with van der Waals surface area (Å²) in [6.07, 6.45) is 17.0. The van der Waals surface area contributed by atoms with Crippen LogP contribution in [-0.4, -0.2) is 4.98 Å². The van der Waals surface area contributed by atoms with Gasteiger partial charge in [-0.1, -0.05) is 30.2 Å². The third kappa shape index (κ3) is 2.15. The molecule has 0 saturated carbocycles. The van der Waals surface area contributed by atoms with Crippen LogP contribution in [-0.2, 0) is 6.42 Å². The molecule has 2 aliphatic carbocycles. The van der Waals surface area contributed by atoms with E-state index in [1.165, 1.54) is 17.8 Å². The number of halogens is 1. The van der Waals surface area contributed by atoms with Crippen molar-refractivity contribution in [1.82, 2.24) is 4.98 Å². The minimum Gasteiger partial charge on any atom is -0.228 e. The molecule has 2 heteroatoms. The van der Waals surface area contributed by atoms with Crippen molar-refractivity contribution in [3.63, 3.8) is 0 Å². The molecular weight excluding hydrogens is 237 g/mol. The van der Waals surface area contributed by atoms with E-state index in [1.807, 2.05) is 6.07 Å². The Labute approximate surface area is 111 Å². The van der Waals surface area contributed by atoms with Gasteiger partial charge < -0.3 is 0 Å². The molecule has 1 heterocycles. The predicted octanol–water partition coefficient (Wildman–Crippen LogP) is 3.52. The quantitative estimate of drug-likeness (QED) is 0.577. The SMILES string of the molecule is C#CC1=CCC=C2C=CC(Cc3ccnc(F)c3)=C12. The lowest BCUT2D eigenvalue weighted by Crippen LogP contribution is -1.98. The Morgan fingerprint density at radius 1 is 1.32 bits per heavy atom. The van der Waals surface area contributed by atoms with E-state index in [4.69, 9.17) is 6.42 Å². The first-order valence-electron chi connectivity index (χ1n) is 6.17. The molecule has 1 aromatic rings. The Morgan fingerprint density at radius 3 is 3.00 bits per heavy atom. The molecular formula is C17H12FN. The third-order valence-corrected chi connectivity index (χ3v) is 3.34. The van der Waals surface area contributed by atoms with Crippen molar-refractivity contribution in [1.29, 1.82) is 0 Å². The molecule has 92 valence electrons. The van der Waals surface area contributed by atoms with Crippen LogP contribution in [0.2, 0.25) is 0 Å². The maximum absolute atomic E-state index is 13.1. The molecule has 0 saturated heterocycles. The Morgan fingerprint density at radius 2 is 2.21 bits per heavy atom. The first-order chi connectivity index (χ1) is 9.28. The fraction of sp³-hybridized carbons (Fsp3) is 0.118. The molecule has 0 aromatic carbocycles. The van der Waals surface area contributed by atoms with Gasteiger partial charge in [-0.25, -0.2) is 4.98 Å². The summed E-state index contributed by atoms with van der Waals surface area (Å²) >= 11 is 0. The van der Waals surface area contributed by atoms with Crippen LogP contribution < -0.4 is 0 Å². The van der Waals surface area contributed by atoms with E-state index in [-0.39, 0.29) is 0 Å². The second-order valence-electron chi connectivity index (χ2n) is 4.55. The first-order valence-corrected chi connectivity index (χ1v) is 6.17. The van der Waals surface area contributed by atoms with Gasteiger partial charge >= 0.3 is 0 Å². The van der Waals surface area contributed by atoms with Crippen LogP contribution in [0.5, 0.6) is 0 Å². The molecule has 1 nitrogen and oxygen atoms in total. The maximum atomic E-state index is 13.1. The number of rotatable bonds is 2. The minimum atomic E-state index is -0.447. The average Bonchev–Trinajstić information content (AvgIpc) is 2.82. The van der Waals surface area contributed by atoms with Crippen LogP contribution >= 0.6 is 0 Å². The lowest BCUT2D eigenvalue weighted by Gasteiger charge is -2.13. The highest BCUT2D eigenvalue weighted by atomic mass is 19.1. The van der Waals surface area contributed by atoms with Gasteiger partial charge in [-0.15, -0.1) is 6.42 Å². The lowest BCUT2D eigenvalue weighted by atomic mass is 9.90. The summed E-state index contributed by atoms with van der Waals surface area (Å²) in [7, 11) is 0. The number of fused-ring (bicyclic) bond motifs is 1. The van der Waals surface area contributed by atoms with E-state index in [0.29, 0.717) is 6.42 Å². The monoisotopic (exact) mass is 249 g/mol. The van der Waals surface area contributed by atoms with Gasteiger partial charge in [-0.3, -0.25) is 0 Å². The summed E-state index contributed by atoms with van der Waals surface area (Å²) in [5.41, 5.74) is 5.28. The van der Waals surface area contributed by atoms with E-state index in [9.17, 15) is 4.39 Å². The number of hydrogen-bond acceptors (Lipinski definition) is 1. The highest BCUT2D eigenvalue weighted by Crippen LogP contribution is 2.35. The fourth-order valence-corrected chi connectivity index (χ4v) is 2.50. The van der Waals surface area contributed by atoms with E-state index >= 15 is 0 Å². The summed E-state index contributed by atoms with van der Waals surface area (Å²) < 4.78 is 13.1. The average molecular weight is 249 g/mol. The zero-order valence-corrected chi connectivity index (χ0v) is 10.4. The highest BCUT2D eigenvalue weighted by Gasteiger charge is 2.19. The molecule has 19 heavy (non-hydrogen) atoms. The molecule has 3 rings (SSSR count). The molecule has 1 aromatic heterocycles. The molecule has 0 radical (unpaired) electrons. The number of hydrogen-bond donors (Lipinski definition) is 0. The van der Waals surface area contributed by atoms with Crippen molar-refractivity contribution < 1.29 is 4.39 Å². The van der Waals surface area contributed by atoms with Gasteiger partial charge in [-0.05, 0) is 41.7 Å². The van der Waals surface area contributed by atoms with Crippen LogP contribution in [0.4, 0.5) is 4.39 Å². The van der Waals surface area contributed by atoms with Gasteiger partial charge in [0.05, 0.1) is 0 Å². The summed E-state index contributed by atoms with van der Waals surface area (Å²) in [4.78, 5) is 3.57. The Kier molecular flexibility index (Phi) is 2.89. The largest absolute Gasteiger partial charge is 0.228 e. The topological polar surface area (TPSA) is 12.9 Å².